The smallest absolute Gasteiger partial charge is 0.0942 e. The fourth-order valence-electron chi connectivity index (χ4n) is 2.00. The summed E-state index contributed by atoms with van der Waals surface area (Å²) < 4.78 is 0. The largest absolute Gasteiger partial charge is 0.399 e. The third-order valence-corrected chi connectivity index (χ3v) is 3.94. The Hall–Kier alpha value is -2.33. The highest BCUT2D eigenvalue weighted by molar-refractivity contribution is 7.19. The lowest BCUT2D eigenvalue weighted by atomic mass is 10.1. The van der Waals surface area contributed by atoms with Crippen molar-refractivity contribution in [3.05, 3.63) is 54.9 Å². The van der Waals surface area contributed by atoms with Crippen LogP contribution in [0.5, 0.6) is 0 Å². The van der Waals surface area contributed by atoms with E-state index < -0.39 is 0 Å². The van der Waals surface area contributed by atoms with Crippen molar-refractivity contribution in [2.75, 3.05) is 11.5 Å². The summed E-state index contributed by atoms with van der Waals surface area (Å²) in [5, 5.41) is 0.803. The van der Waals surface area contributed by atoms with E-state index in [2.05, 4.69) is 11.1 Å². The molecule has 3 nitrogen and oxygen atoms in total. The SMILES string of the molecule is Nc1cccc(-c2cc(-c3ccncc3)sc2N)c1. The van der Waals surface area contributed by atoms with E-state index >= 15 is 0 Å². The molecular formula is C15H13N3S. The topological polar surface area (TPSA) is 64.9 Å². The Bertz CT molecular complexity index is 704. The van der Waals surface area contributed by atoms with Gasteiger partial charge in [0.15, 0.2) is 0 Å². The van der Waals surface area contributed by atoms with Crippen molar-refractivity contribution in [2.45, 2.75) is 0 Å². The number of rotatable bonds is 2. The van der Waals surface area contributed by atoms with Gasteiger partial charge in [-0.1, -0.05) is 12.1 Å². The second kappa shape index (κ2) is 4.74. The summed E-state index contributed by atoms with van der Waals surface area (Å²) in [6.45, 7) is 0. The van der Waals surface area contributed by atoms with Crippen LogP contribution in [0.4, 0.5) is 10.7 Å². The third-order valence-electron chi connectivity index (χ3n) is 2.92. The van der Waals surface area contributed by atoms with Gasteiger partial charge in [0.05, 0.1) is 5.00 Å². The van der Waals surface area contributed by atoms with Gasteiger partial charge in [-0.15, -0.1) is 11.3 Å². The minimum absolute atomic E-state index is 0.744. The van der Waals surface area contributed by atoms with E-state index in [1.165, 1.54) is 0 Å². The number of hydrogen-bond donors (Lipinski definition) is 2. The predicted molar refractivity (Wildman–Crippen MR) is 81.8 cm³/mol. The van der Waals surface area contributed by atoms with Crippen LogP contribution in [-0.4, -0.2) is 4.98 Å². The van der Waals surface area contributed by atoms with Crippen LogP contribution in [0.2, 0.25) is 0 Å². The molecule has 1 aromatic carbocycles. The molecule has 0 amide bonds. The van der Waals surface area contributed by atoms with Crippen molar-refractivity contribution in [3.63, 3.8) is 0 Å². The van der Waals surface area contributed by atoms with Crippen LogP contribution in [0.3, 0.4) is 0 Å². The molecule has 3 rings (SSSR count). The molecule has 0 bridgehead atoms. The zero-order valence-corrected chi connectivity index (χ0v) is 11.0. The van der Waals surface area contributed by atoms with Gasteiger partial charge < -0.3 is 11.5 Å². The van der Waals surface area contributed by atoms with Crippen molar-refractivity contribution in [1.82, 2.24) is 4.98 Å². The maximum atomic E-state index is 6.12. The Labute approximate surface area is 115 Å². The number of nitrogen functional groups attached to an aromatic ring is 2. The molecular weight excluding hydrogens is 254 g/mol. The molecule has 4 heteroatoms. The summed E-state index contributed by atoms with van der Waals surface area (Å²) in [4.78, 5) is 5.16. The normalized spacial score (nSPS) is 10.5. The van der Waals surface area contributed by atoms with Gasteiger partial charge >= 0.3 is 0 Å². The molecule has 19 heavy (non-hydrogen) atoms. The first-order valence-electron chi connectivity index (χ1n) is 5.89. The molecule has 0 radical (unpaired) electrons. The highest BCUT2D eigenvalue weighted by Gasteiger charge is 2.10. The van der Waals surface area contributed by atoms with E-state index in [0.29, 0.717) is 0 Å². The molecule has 0 unspecified atom stereocenters. The second-order valence-electron chi connectivity index (χ2n) is 4.25. The summed E-state index contributed by atoms with van der Waals surface area (Å²) in [5.41, 5.74) is 15.9. The van der Waals surface area contributed by atoms with Crippen LogP contribution in [-0.2, 0) is 0 Å². The van der Waals surface area contributed by atoms with Crippen LogP contribution in [0.1, 0.15) is 0 Å². The van der Waals surface area contributed by atoms with Crippen molar-refractivity contribution in [1.29, 1.82) is 0 Å². The Morgan fingerprint density at radius 3 is 2.42 bits per heavy atom. The number of aromatic nitrogens is 1. The number of pyridine rings is 1. The predicted octanol–water partition coefficient (Wildman–Crippen LogP) is 3.64. The van der Waals surface area contributed by atoms with Crippen molar-refractivity contribution >= 4 is 22.0 Å². The zero-order chi connectivity index (χ0) is 13.2. The van der Waals surface area contributed by atoms with Crippen LogP contribution in [0, 0.1) is 0 Å². The molecule has 4 N–H and O–H groups in total. The summed E-state index contributed by atoms with van der Waals surface area (Å²) in [7, 11) is 0. The molecule has 3 aromatic rings. The van der Waals surface area contributed by atoms with Crippen LogP contribution in [0.25, 0.3) is 21.6 Å². The molecule has 0 saturated carbocycles. The van der Waals surface area contributed by atoms with Crippen LogP contribution in [0.15, 0.2) is 54.9 Å². The van der Waals surface area contributed by atoms with Gasteiger partial charge in [0.25, 0.3) is 0 Å². The molecule has 0 fully saturated rings. The molecule has 0 spiro atoms. The molecule has 0 aliphatic rings. The second-order valence-corrected chi connectivity index (χ2v) is 5.33. The van der Waals surface area contributed by atoms with Crippen molar-refractivity contribution in [2.24, 2.45) is 0 Å². The van der Waals surface area contributed by atoms with E-state index in [0.717, 1.165) is 32.3 Å². The highest BCUT2D eigenvalue weighted by atomic mass is 32.1. The number of thiophene rings is 1. The number of hydrogen-bond acceptors (Lipinski definition) is 4. The Balaban J connectivity index is 2.08. The molecule has 0 saturated heterocycles. The fraction of sp³-hybridized carbons (Fsp3) is 0. The van der Waals surface area contributed by atoms with E-state index in [1.807, 2.05) is 36.4 Å². The van der Waals surface area contributed by atoms with Crippen molar-refractivity contribution < 1.29 is 0 Å². The number of nitrogens with zero attached hydrogens (tertiary/aromatic N) is 1. The van der Waals surface area contributed by atoms with Gasteiger partial charge in [0, 0.05) is 28.5 Å². The maximum absolute atomic E-state index is 6.12. The van der Waals surface area contributed by atoms with E-state index in [1.54, 1.807) is 23.7 Å². The lowest BCUT2D eigenvalue weighted by Gasteiger charge is -2.00. The van der Waals surface area contributed by atoms with Crippen LogP contribution < -0.4 is 11.5 Å². The average Bonchev–Trinajstić information content (AvgIpc) is 2.82. The Kier molecular flexibility index (Phi) is 2.93. The summed E-state index contributed by atoms with van der Waals surface area (Å²) in [6, 6.07) is 13.8. The number of nitrogens with two attached hydrogens (primary N) is 2. The monoisotopic (exact) mass is 267 g/mol. The highest BCUT2D eigenvalue weighted by Crippen LogP contribution is 2.39. The van der Waals surface area contributed by atoms with Gasteiger partial charge in [0.2, 0.25) is 0 Å². The molecule has 0 atom stereocenters. The summed E-state index contributed by atoms with van der Waals surface area (Å²) in [6.07, 6.45) is 3.57. The zero-order valence-electron chi connectivity index (χ0n) is 10.2. The van der Waals surface area contributed by atoms with E-state index in [4.69, 9.17) is 11.5 Å². The lowest BCUT2D eigenvalue weighted by molar-refractivity contribution is 1.33. The first-order valence-corrected chi connectivity index (χ1v) is 6.71. The number of anilines is 2. The minimum Gasteiger partial charge on any atom is -0.399 e. The maximum Gasteiger partial charge on any atom is 0.0942 e. The molecule has 2 heterocycles. The van der Waals surface area contributed by atoms with Gasteiger partial charge in [-0.2, -0.15) is 0 Å². The van der Waals surface area contributed by atoms with Gasteiger partial charge in [-0.25, -0.2) is 0 Å². The van der Waals surface area contributed by atoms with Crippen molar-refractivity contribution in [3.8, 4) is 21.6 Å². The molecule has 0 aliphatic carbocycles. The minimum atomic E-state index is 0.744. The van der Waals surface area contributed by atoms with E-state index in [-0.39, 0.29) is 0 Å². The van der Waals surface area contributed by atoms with Gasteiger partial charge in [-0.05, 0) is 41.5 Å². The number of benzene rings is 1. The Morgan fingerprint density at radius 2 is 1.68 bits per heavy atom. The lowest BCUT2D eigenvalue weighted by Crippen LogP contribution is -1.86. The molecule has 0 aliphatic heterocycles. The average molecular weight is 267 g/mol. The fourth-order valence-corrected chi connectivity index (χ4v) is 2.95. The quantitative estimate of drug-likeness (QED) is 0.697. The standard InChI is InChI=1S/C15H13N3S/c16-12-3-1-2-11(8-12)13-9-14(19-15(13)17)10-4-6-18-7-5-10/h1-9H,16-17H2. The van der Waals surface area contributed by atoms with Gasteiger partial charge in [0.1, 0.15) is 0 Å². The third kappa shape index (κ3) is 2.30. The van der Waals surface area contributed by atoms with Crippen LogP contribution >= 0.6 is 11.3 Å². The van der Waals surface area contributed by atoms with E-state index in [9.17, 15) is 0 Å². The molecule has 2 aromatic heterocycles. The first kappa shape index (κ1) is 11.7. The molecule has 94 valence electrons. The Morgan fingerprint density at radius 1 is 0.895 bits per heavy atom. The van der Waals surface area contributed by atoms with Gasteiger partial charge in [-0.3, -0.25) is 4.98 Å². The summed E-state index contributed by atoms with van der Waals surface area (Å²) in [5.74, 6) is 0. The summed E-state index contributed by atoms with van der Waals surface area (Å²) >= 11 is 1.58. The first-order chi connectivity index (χ1) is 9.24.